The van der Waals surface area contributed by atoms with Gasteiger partial charge in [-0.15, -0.1) is 0 Å². The van der Waals surface area contributed by atoms with Gasteiger partial charge >= 0.3 is 16.8 Å². The van der Waals surface area contributed by atoms with E-state index in [0.29, 0.717) is 22.5 Å². The Balaban J connectivity index is -0.0000000606. The van der Waals surface area contributed by atoms with Gasteiger partial charge in [-0.25, -0.2) is 16.8 Å². The molecule has 1 radical (unpaired) electrons. The molecule has 0 aromatic heterocycles. The Morgan fingerprint density at radius 3 is 1.00 bits per heavy atom. The minimum Gasteiger partial charge on any atom is -0.744 e. The Labute approximate surface area is 189 Å². The van der Waals surface area contributed by atoms with E-state index >= 15 is 0 Å². The number of rotatable bonds is 2. The van der Waals surface area contributed by atoms with Crippen molar-refractivity contribution < 1.29 is 75.6 Å². The van der Waals surface area contributed by atoms with Crippen molar-refractivity contribution in [3.63, 3.8) is 0 Å². The Morgan fingerprint density at radius 1 is 0.613 bits per heavy atom. The number of benzene rings is 2. The number of nitrogen functional groups attached to an aromatic ring is 2. The first-order valence-electron chi connectivity index (χ1n) is 6.46. The maximum absolute atomic E-state index is 10.5. The molecular formula is C14H34CoN2O12S2+6. The summed E-state index contributed by atoms with van der Waals surface area (Å²) in [4.78, 5) is -0.483. The van der Waals surface area contributed by atoms with E-state index < -0.39 is 20.2 Å². The molecule has 31 heavy (non-hydrogen) atoms. The number of hydrogen-bond acceptors (Lipinski definition) is 8. The van der Waals surface area contributed by atoms with Crippen LogP contribution in [0.2, 0.25) is 0 Å². The predicted molar refractivity (Wildman–Crippen MR) is 116 cm³/mol. The molecule has 0 amide bonds. The monoisotopic (exact) mass is 545 g/mol. The average Bonchev–Trinajstić information content (AvgIpc) is 2.43. The molecule has 0 fully saturated rings. The molecule has 2 aromatic carbocycles. The van der Waals surface area contributed by atoms with E-state index in [9.17, 15) is 25.9 Å². The van der Waals surface area contributed by atoms with E-state index in [1.807, 2.05) is 0 Å². The molecule has 0 spiro atoms. The first kappa shape index (κ1) is 47.1. The van der Waals surface area contributed by atoms with Gasteiger partial charge in [0.25, 0.3) is 0 Å². The Hall–Kier alpha value is -1.87. The molecule has 22 N–H and O–H groups in total. The van der Waals surface area contributed by atoms with Crippen LogP contribution in [0.5, 0.6) is 0 Å². The summed E-state index contributed by atoms with van der Waals surface area (Å²) in [6.45, 7) is 3.29. The zero-order valence-electron chi connectivity index (χ0n) is 16.7. The molecule has 0 unspecified atom stereocenters. The second kappa shape index (κ2) is 17.8. The van der Waals surface area contributed by atoms with Crippen LogP contribution in [0.25, 0.3) is 0 Å². The fourth-order valence-corrected chi connectivity index (χ4v) is 2.72. The second-order valence-electron chi connectivity index (χ2n) is 4.95. The van der Waals surface area contributed by atoms with Gasteiger partial charge in [0.15, 0.2) is 0 Å². The smallest absolute Gasteiger partial charge is 0.744 e. The maximum Gasteiger partial charge on any atom is 2.00 e. The van der Waals surface area contributed by atoms with Crippen LogP contribution in [0, 0.1) is 13.8 Å². The van der Waals surface area contributed by atoms with Crippen molar-refractivity contribution in [1.29, 1.82) is 0 Å². The van der Waals surface area contributed by atoms with Crippen molar-refractivity contribution in [2.75, 3.05) is 11.5 Å². The molecular weight excluding hydrogens is 511 g/mol. The zero-order chi connectivity index (χ0) is 18.7. The number of anilines is 2. The summed E-state index contributed by atoms with van der Waals surface area (Å²) in [6.07, 6.45) is 0. The van der Waals surface area contributed by atoms with Gasteiger partial charge in [0.2, 0.25) is 0 Å². The van der Waals surface area contributed by atoms with Crippen molar-refractivity contribution >= 4 is 31.6 Å². The second-order valence-corrected chi connectivity index (χ2v) is 7.70. The van der Waals surface area contributed by atoms with Crippen molar-refractivity contribution in [2.45, 2.75) is 23.6 Å². The van der Waals surface area contributed by atoms with Crippen molar-refractivity contribution in [2.24, 2.45) is 0 Å². The third kappa shape index (κ3) is 14.7. The summed E-state index contributed by atoms with van der Waals surface area (Å²) >= 11 is 0. The van der Waals surface area contributed by atoms with Crippen LogP contribution in [0.3, 0.4) is 0 Å². The van der Waals surface area contributed by atoms with E-state index in [1.165, 1.54) is 36.4 Å². The van der Waals surface area contributed by atoms with E-state index in [-0.39, 0.29) is 59.4 Å². The minimum atomic E-state index is -4.35. The topological polar surface area (TPSA) is 364 Å². The third-order valence-electron chi connectivity index (χ3n) is 3.06. The summed E-state index contributed by atoms with van der Waals surface area (Å²) < 4.78 is 63.0. The summed E-state index contributed by atoms with van der Waals surface area (Å²) in [5, 5.41) is 0. The summed E-state index contributed by atoms with van der Waals surface area (Å²) in [7, 11) is -8.70. The Morgan fingerprint density at radius 2 is 0.839 bits per heavy atom. The van der Waals surface area contributed by atoms with E-state index in [2.05, 4.69) is 0 Å². The standard InChI is InChI=1S/2C7H9NO3S.Co.6H2O/c2*1-5-4-6(12(9,10)11)2-3-7(5)8;;;;;;;/h2*2-4H,8H2,1H3,(H,9,10,11);;6*1H2/q;;+2;;;;;;/p+4. The van der Waals surface area contributed by atoms with Crippen LogP contribution in [0.1, 0.15) is 11.1 Å². The van der Waals surface area contributed by atoms with Gasteiger partial charge < -0.3 is 53.4 Å². The molecule has 0 atom stereocenters. The Bertz CT molecular complexity index is 890. The molecule has 187 valence electrons. The van der Waals surface area contributed by atoms with Crippen LogP contribution in [-0.2, 0) is 69.9 Å². The first-order valence-corrected chi connectivity index (χ1v) is 9.28. The fourth-order valence-electron chi connectivity index (χ4n) is 1.61. The summed E-state index contributed by atoms with van der Waals surface area (Å²) in [5.74, 6) is 0. The van der Waals surface area contributed by atoms with Crippen molar-refractivity contribution in [3.05, 3.63) is 47.5 Å². The van der Waals surface area contributed by atoms with E-state index in [0.717, 1.165) is 0 Å². The SMILES string of the molecule is Cc1cc(S(=O)(=O)[O-])ccc1N.Cc1cc(S(=O)(=O)[O-])ccc1N.[Co+2].[OH3+].[OH3+].[OH3+].[OH3+].[OH3+].[OH3+]. The van der Waals surface area contributed by atoms with E-state index in [1.54, 1.807) is 13.8 Å². The predicted octanol–water partition coefficient (Wildman–Crippen LogP) is -4.57. The summed E-state index contributed by atoms with van der Waals surface area (Å²) in [6, 6.07) is 7.73. The van der Waals surface area contributed by atoms with Gasteiger partial charge in [0.1, 0.15) is 20.2 Å². The van der Waals surface area contributed by atoms with Crippen LogP contribution >= 0.6 is 0 Å². The molecule has 0 aliphatic carbocycles. The van der Waals surface area contributed by atoms with Crippen molar-refractivity contribution in [1.82, 2.24) is 0 Å². The van der Waals surface area contributed by atoms with Crippen LogP contribution < -0.4 is 11.5 Å². The molecule has 0 saturated heterocycles. The number of hydrogen-bond donors (Lipinski definition) is 2. The molecule has 2 aromatic rings. The molecule has 0 saturated carbocycles. The normalized spacial score (nSPS) is 8.90. The first-order chi connectivity index (χ1) is 10.8. The summed E-state index contributed by atoms with van der Waals surface area (Å²) in [5.41, 5.74) is 13.0. The van der Waals surface area contributed by atoms with E-state index in [4.69, 9.17) is 11.5 Å². The molecule has 0 bridgehead atoms. The average molecular weight is 545 g/mol. The fraction of sp³-hybridized carbons (Fsp3) is 0.143. The van der Waals surface area contributed by atoms with Gasteiger partial charge in [0, 0.05) is 11.4 Å². The molecule has 0 aliphatic heterocycles. The van der Waals surface area contributed by atoms with Crippen LogP contribution in [0.4, 0.5) is 11.4 Å². The number of nitrogens with two attached hydrogens (primary N) is 2. The minimum absolute atomic E-state index is 0. The van der Waals surface area contributed by atoms with Gasteiger partial charge in [0.05, 0.1) is 9.79 Å². The number of aryl methyl sites for hydroxylation is 2. The quantitative estimate of drug-likeness (QED) is 0.209. The zero-order valence-corrected chi connectivity index (χ0v) is 19.4. The van der Waals surface area contributed by atoms with Crippen LogP contribution in [0.15, 0.2) is 46.2 Å². The largest absolute Gasteiger partial charge is 2.00 e. The molecule has 17 heteroatoms. The molecule has 0 heterocycles. The van der Waals surface area contributed by atoms with Gasteiger partial charge in [-0.3, -0.25) is 0 Å². The molecule has 14 nitrogen and oxygen atoms in total. The van der Waals surface area contributed by atoms with Crippen LogP contribution in [-0.4, -0.2) is 25.9 Å². The maximum atomic E-state index is 10.5. The van der Waals surface area contributed by atoms with Gasteiger partial charge in [-0.05, 0) is 61.4 Å². The Kier molecular flexibility index (Phi) is 27.0. The molecule has 0 aliphatic rings. The van der Waals surface area contributed by atoms with Gasteiger partial charge in [-0.2, -0.15) is 0 Å². The molecule has 2 rings (SSSR count). The van der Waals surface area contributed by atoms with Gasteiger partial charge in [-0.1, -0.05) is 0 Å². The van der Waals surface area contributed by atoms with Crippen molar-refractivity contribution in [3.8, 4) is 0 Å². The third-order valence-corrected chi connectivity index (χ3v) is 4.72.